The third-order valence-corrected chi connectivity index (χ3v) is 7.40. The molecule has 2 heterocycles. The van der Waals surface area contributed by atoms with Gasteiger partial charge in [0.1, 0.15) is 23.0 Å². The lowest BCUT2D eigenvalue weighted by molar-refractivity contribution is 0.0763. The summed E-state index contributed by atoms with van der Waals surface area (Å²) in [4.78, 5) is 34.9. The molecular formula is C33H34FN5O3. The number of benzene rings is 3. The second-order valence-electron chi connectivity index (χ2n) is 10.1. The third-order valence-electron chi connectivity index (χ3n) is 7.40. The second kappa shape index (κ2) is 12.8. The Kier molecular flexibility index (Phi) is 8.76. The van der Waals surface area contributed by atoms with E-state index < -0.39 is 5.76 Å². The number of halogens is 1. The van der Waals surface area contributed by atoms with E-state index in [1.165, 1.54) is 12.1 Å². The SMILES string of the molecule is CCCCc1nc(-c2ccc(F)cc2)c(C(=O)N(CC)CC)n1Cc1ccc(-c2ccccc2-c2noc(=O)[nH]2)cc1. The molecule has 0 saturated carbocycles. The maximum Gasteiger partial charge on any atom is 0.439 e. The van der Waals surface area contributed by atoms with Gasteiger partial charge in [0.2, 0.25) is 0 Å². The topological polar surface area (TPSA) is 97.0 Å². The Balaban J connectivity index is 1.56. The lowest BCUT2D eigenvalue weighted by atomic mass is 9.98. The zero-order valence-electron chi connectivity index (χ0n) is 24.1. The number of nitrogens with zero attached hydrogens (tertiary/aromatic N) is 4. The number of aromatic nitrogens is 4. The number of H-pyrrole nitrogens is 1. The highest BCUT2D eigenvalue weighted by Gasteiger charge is 2.27. The zero-order valence-corrected chi connectivity index (χ0v) is 24.1. The van der Waals surface area contributed by atoms with Gasteiger partial charge >= 0.3 is 5.76 Å². The van der Waals surface area contributed by atoms with Gasteiger partial charge in [0.25, 0.3) is 5.91 Å². The van der Waals surface area contributed by atoms with E-state index in [0.29, 0.717) is 42.4 Å². The van der Waals surface area contributed by atoms with E-state index in [4.69, 9.17) is 9.51 Å². The average Bonchev–Trinajstić information content (AvgIpc) is 3.60. The first-order chi connectivity index (χ1) is 20.4. The Hall–Kier alpha value is -4.79. The molecule has 1 amide bonds. The van der Waals surface area contributed by atoms with Gasteiger partial charge in [-0.2, -0.15) is 0 Å². The van der Waals surface area contributed by atoms with Crippen LogP contribution < -0.4 is 5.76 Å². The van der Waals surface area contributed by atoms with Crippen LogP contribution in [0.5, 0.6) is 0 Å². The van der Waals surface area contributed by atoms with Gasteiger partial charge in [0.15, 0.2) is 5.82 Å². The molecular weight excluding hydrogens is 533 g/mol. The molecule has 0 aliphatic rings. The van der Waals surface area contributed by atoms with E-state index >= 15 is 0 Å². The van der Waals surface area contributed by atoms with Gasteiger partial charge in [-0.15, -0.1) is 0 Å². The van der Waals surface area contributed by atoms with Crippen LogP contribution in [0.4, 0.5) is 4.39 Å². The molecule has 0 bridgehead atoms. The van der Waals surface area contributed by atoms with Crippen LogP contribution in [-0.4, -0.2) is 43.6 Å². The number of nitrogens with one attached hydrogen (secondary N) is 1. The number of unbranched alkanes of at least 4 members (excludes halogenated alkanes) is 1. The van der Waals surface area contributed by atoms with Crippen LogP contribution in [0.2, 0.25) is 0 Å². The molecule has 3 aromatic carbocycles. The van der Waals surface area contributed by atoms with Gasteiger partial charge < -0.3 is 9.47 Å². The number of aromatic amines is 1. The zero-order chi connectivity index (χ0) is 29.6. The van der Waals surface area contributed by atoms with E-state index in [1.54, 1.807) is 17.0 Å². The first-order valence-corrected chi connectivity index (χ1v) is 14.3. The predicted octanol–water partition coefficient (Wildman–Crippen LogP) is 6.57. The van der Waals surface area contributed by atoms with Crippen LogP contribution in [-0.2, 0) is 13.0 Å². The first kappa shape index (κ1) is 28.7. The molecule has 1 N–H and O–H groups in total. The standard InChI is InChI=1S/C33H34FN5O3/c1-4-7-12-28-35-29(24-17-19-25(34)20-18-24)30(32(40)38(5-2)6-3)39(28)21-22-13-15-23(16-14-22)26-10-8-9-11-27(26)31-36-33(41)42-37-31/h8-11,13-20H,4-7,12,21H2,1-3H3,(H,36,37,41). The minimum Gasteiger partial charge on any atom is -0.338 e. The van der Waals surface area contributed by atoms with Crippen molar-refractivity contribution in [3.63, 3.8) is 0 Å². The van der Waals surface area contributed by atoms with Gasteiger partial charge in [0.05, 0.1) is 0 Å². The van der Waals surface area contributed by atoms with Crippen molar-refractivity contribution in [2.24, 2.45) is 0 Å². The normalized spacial score (nSPS) is 11.1. The number of hydrogen-bond acceptors (Lipinski definition) is 5. The van der Waals surface area contributed by atoms with Crippen LogP contribution in [0.3, 0.4) is 0 Å². The average molecular weight is 568 g/mol. The van der Waals surface area contributed by atoms with Crippen molar-refractivity contribution < 1.29 is 13.7 Å². The van der Waals surface area contributed by atoms with Crippen LogP contribution in [0.25, 0.3) is 33.8 Å². The molecule has 0 fully saturated rings. The summed E-state index contributed by atoms with van der Waals surface area (Å²) in [5, 5.41) is 3.86. The van der Waals surface area contributed by atoms with Crippen molar-refractivity contribution in [2.45, 2.75) is 46.6 Å². The Labute approximate surface area is 243 Å². The summed E-state index contributed by atoms with van der Waals surface area (Å²) < 4.78 is 20.5. The fraction of sp³-hybridized carbons (Fsp3) is 0.273. The summed E-state index contributed by atoms with van der Waals surface area (Å²) in [6.45, 7) is 7.64. The first-order valence-electron chi connectivity index (χ1n) is 14.3. The van der Waals surface area contributed by atoms with Crippen LogP contribution in [0.15, 0.2) is 82.1 Å². The Morgan fingerprint density at radius 2 is 1.60 bits per heavy atom. The third kappa shape index (κ3) is 5.95. The fourth-order valence-corrected chi connectivity index (χ4v) is 5.14. The van der Waals surface area contributed by atoms with Crippen molar-refractivity contribution in [3.8, 4) is 33.8 Å². The number of hydrogen-bond donors (Lipinski definition) is 1. The molecule has 42 heavy (non-hydrogen) atoms. The van der Waals surface area contributed by atoms with E-state index in [1.807, 2.05) is 66.9 Å². The molecule has 0 spiro atoms. The monoisotopic (exact) mass is 567 g/mol. The number of imidazole rings is 1. The smallest absolute Gasteiger partial charge is 0.338 e. The summed E-state index contributed by atoms with van der Waals surface area (Å²) in [6, 6.07) is 21.9. The van der Waals surface area contributed by atoms with Crippen LogP contribution >= 0.6 is 0 Å². The Morgan fingerprint density at radius 1 is 0.929 bits per heavy atom. The van der Waals surface area contributed by atoms with E-state index in [-0.39, 0.29) is 11.7 Å². The summed E-state index contributed by atoms with van der Waals surface area (Å²) >= 11 is 0. The van der Waals surface area contributed by atoms with Crippen molar-refractivity contribution in [2.75, 3.05) is 13.1 Å². The lowest BCUT2D eigenvalue weighted by Crippen LogP contribution is -2.33. The summed E-state index contributed by atoms with van der Waals surface area (Å²) in [7, 11) is 0. The molecule has 5 rings (SSSR count). The van der Waals surface area contributed by atoms with Gasteiger partial charge in [-0.25, -0.2) is 14.2 Å². The summed E-state index contributed by atoms with van der Waals surface area (Å²) in [6.07, 6.45) is 2.64. The largest absolute Gasteiger partial charge is 0.439 e. The van der Waals surface area contributed by atoms with Crippen LogP contribution in [0, 0.1) is 5.82 Å². The molecule has 5 aromatic rings. The quantitative estimate of drug-likeness (QED) is 0.195. The molecule has 2 aromatic heterocycles. The molecule has 216 valence electrons. The molecule has 8 nitrogen and oxygen atoms in total. The molecule has 9 heteroatoms. The van der Waals surface area contributed by atoms with Crippen molar-refractivity contribution in [3.05, 3.63) is 106 Å². The maximum atomic E-state index is 13.9. The van der Waals surface area contributed by atoms with E-state index in [0.717, 1.165) is 47.3 Å². The molecule has 0 aliphatic carbocycles. The van der Waals surface area contributed by atoms with Gasteiger partial charge in [-0.05, 0) is 61.2 Å². The molecule has 0 saturated heterocycles. The van der Waals surface area contributed by atoms with Gasteiger partial charge in [0, 0.05) is 37.2 Å². The molecule has 0 radical (unpaired) electrons. The number of rotatable bonds is 11. The number of aryl methyl sites for hydroxylation is 1. The van der Waals surface area contributed by atoms with Gasteiger partial charge in [-0.1, -0.05) is 67.0 Å². The number of amides is 1. The van der Waals surface area contributed by atoms with E-state index in [9.17, 15) is 14.0 Å². The highest BCUT2D eigenvalue weighted by molar-refractivity contribution is 5.98. The highest BCUT2D eigenvalue weighted by Crippen LogP contribution is 2.31. The fourth-order valence-electron chi connectivity index (χ4n) is 5.14. The minimum atomic E-state index is -0.607. The maximum absolute atomic E-state index is 13.9. The minimum absolute atomic E-state index is 0.0956. The molecule has 0 unspecified atom stereocenters. The van der Waals surface area contributed by atoms with Gasteiger partial charge in [-0.3, -0.25) is 14.3 Å². The second-order valence-corrected chi connectivity index (χ2v) is 10.1. The van der Waals surface area contributed by atoms with Crippen molar-refractivity contribution in [1.29, 1.82) is 0 Å². The van der Waals surface area contributed by atoms with Crippen molar-refractivity contribution in [1.82, 2.24) is 24.6 Å². The lowest BCUT2D eigenvalue weighted by Gasteiger charge is -2.21. The predicted molar refractivity (Wildman–Crippen MR) is 161 cm³/mol. The summed E-state index contributed by atoms with van der Waals surface area (Å²) in [5.74, 6) is 0.159. The summed E-state index contributed by atoms with van der Waals surface area (Å²) in [5.41, 5.74) is 5.40. The molecule has 0 atom stereocenters. The molecule has 0 aliphatic heterocycles. The Morgan fingerprint density at radius 3 is 2.21 bits per heavy atom. The Bertz CT molecular complexity index is 1710. The van der Waals surface area contributed by atoms with E-state index in [2.05, 4.69) is 17.1 Å². The van der Waals surface area contributed by atoms with Crippen molar-refractivity contribution >= 4 is 5.91 Å². The van der Waals surface area contributed by atoms with Crippen LogP contribution in [0.1, 0.15) is 55.5 Å². The highest BCUT2D eigenvalue weighted by atomic mass is 19.1. The number of carbonyl (C=O) groups is 1. The number of carbonyl (C=O) groups excluding carboxylic acids is 1.